The number of fused-ring (bicyclic) bond motifs is 2. The van der Waals surface area contributed by atoms with Crippen molar-refractivity contribution in [1.29, 1.82) is 0 Å². The molecule has 176 valence electrons. The Morgan fingerprint density at radius 2 is 1.97 bits per heavy atom. The van der Waals surface area contributed by atoms with Gasteiger partial charge >= 0.3 is 0 Å². The van der Waals surface area contributed by atoms with Crippen molar-refractivity contribution in [2.24, 2.45) is 5.92 Å². The molecule has 1 saturated carbocycles. The molecule has 34 heavy (non-hydrogen) atoms. The molecule has 4 aromatic rings. The van der Waals surface area contributed by atoms with Crippen LogP contribution in [-0.2, 0) is 4.79 Å². The van der Waals surface area contributed by atoms with Gasteiger partial charge in [-0.3, -0.25) is 4.79 Å². The van der Waals surface area contributed by atoms with Crippen molar-refractivity contribution in [3.63, 3.8) is 0 Å². The minimum absolute atomic E-state index is 0.160. The summed E-state index contributed by atoms with van der Waals surface area (Å²) in [6.07, 6.45) is 11.7. The van der Waals surface area contributed by atoms with Crippen LogP contribution in [0.5, 0.6) is 5.88 Å². The molecule has 1 aliphatic heterocycles. The molecule has 1 amide bonds. The van der Waals surface area contributed by atoms with E-state index in [-0.39, 0.29) is 12.0 Å². The van der Waals surface area contributed by atoms with Gasteiger partial charge in [-0.2, -0.15) is 15.1 Å². The van der Waals surface area contributed by atoms with Crippen molar-refractivity contribution in [3.05, 3.63) is 36.8 Å². The number of aromatic amines is 1. The fourth-order valence-corrected chi connectivity index (χ4v) is 5.39. The second-order valence-electron chi connectivity index (χ2n) is 9.32. The van der Waals surface area contributed by atoms with E-state index in [1.165, 1.54) is 0 Å². The Kier molecular flexibility index (Phi) is 5.31. The van der Waals surface area contributed by atoms with Crippen LogP contribution >= 0.6 is 0 Å². The number of methoxy groups -OCH3 is 1. The molecule has 6 rings (SSSR count). The Balaban J connectivity index is 1.20. The van der Waals surface area contributed by atoms with Crippen molar-refractivity contribution in [2.45, 2.75) is 44.6 Å². The van der Waals surface area contributed by atoms with Gasteiger partial charge in [0.25, 0.3) is 0 Å². The summed E-state index contributed by atoms with van der Waals surface area (Å²) in [7, 11) is 1.64. The normalized spacial score (nSPS) is 20.8. The van der Waals surface area contributed by atoms with Gasteiger partial charge in [0.1, 0.15) is 5.65 Å². The lowest BCUT2D eigenvalue weighted by Gasteiger charge is -2.30. The number of amides is 1. The summed E-state index contributed by atoms with van der Waals surface area (Å²) in [5, 5.41) is 8.61. The number of nitrogens with one attached hydrogen (secondary N) is 2. The smallest absolute Gasteiger partial charge is 0.228 e. The first-order valence-corrected chi connectivity index (χ1v) is 12.1. The van der Waals surface area contributed by atoms with Gasteiger partial charge < -0.3 is 19.9 Å². The summed E-state index contributed by atoms with van der Waals surface area (Å²) in [4.78, 5) is 27.5. The van der Waals surface area contributed by atoms with Gasteiger partial charge in [-0.15, -0.1) is 0 Å². The van der Waals surface area contributed by atoms with E-state index in [9.17, 15) is 4.79 Å². The fraction of sp³-hybridized carbons (Fsp3) is 0.440. The van der Waals surface area contributed by atoms with Gasteiger partial charge in [0.15, 0.2) is 0 Å². The molecular weight excluding hydrogens is 430 g/mol. The third kappa shape index (κ3) is 3.74. The van der Waals surface area contributed by atoms with E-state index >= 15 is 0 Å². The minimum atomic E-state index is 0.160. The van der Waals surface area contributed by atoms with E-state index in [1.807, 2.05) is 33.9 Å². The molecule has 1 saturated heterocycles. The summed E-state index contributed by atoms with van der Waals surface area (Å²) < 4.78 is 7.51. The van der Waals surface area contributed by atoms with Gasteiger partial charge in [-0.25, -0.2) is 4.52 Å². The van der Waals surface area contributed by atoms with Crippen LogP contribution in [0.3, 0.4) is 0 Å². The lowest BCUT2D eigenvalue weighted by molar-refractivity contribution is -0.135. The number of hydrogen-bond donors (Lipinski definition) is 2. The molecule has 0 atom stereocenters. The molecule has 2 fully saturated rings. The van der Waals surface area contributed by atoms with Gasteiger partial charge in [0.05, 0.1) is 18.0 Å². The van der Waals surface area contributed by atoms with Crippen molar-refractivity contribution < 1.29 is 9.53 Å². The number of ether oxygens (including phenoxy) is 1. The second kappa shape index (κ2) is 8.62. The maximum absolute atomic E-state index is 12.7. The number of aromatic nitrogens is 5. The molecule has 0 unspecified atom stereocenters. The average Bonchev–Trinajstić information content (AvgIpc) is 3.64. The zero-order valence-electron chi connectivity index (χ0n) is 19.3. The van der Waals surface area contributed by atoms with Gasteiger partial charge in [-0.05, 0) is 62.3 Å². The lowest BCUT2D eigenvalue weighted by Crippen LogP contribution is -2.37. The van der Waals surface area contributed by atoms with Crippen molar-refractivity contribution in [2.75, 3.05) is 25.5 Å². The summed E-state index contributed by atoms with van der Waals surface area (Å²) in [5.74, 6) is 1.60. The summed E-state index contributed by atoms with van der Waals surface area (Å²) in [5.41, 5.74) is 3.78. The van der Waals surface area contributed by atoms with Crippen LogP contribution in [0.1, 0.15) is 38.5 Å². The summed E-state index contributed by atoms with van der Waals surface area (Å²) in [6, 6.07) is 6.34. The number of likely N-dealkylation sites (tertiary alicyclic amines) is 1. The number of nitrogens with zero attached hydrogens (tertiary/aromatic N) is 5. The zero-order valence-corrected chi connectivity index (χ0v) is 19.3. The van der Waals surface area contributed by atoms with E-state index in [4.69, 9.17) is 9.72 Å². The average molecular weight is 460 g/mol. The first kappa shape index (κ1) is 20.9. The minimum Gasteiger partial charge on any atom is -0.480 e. The van der Waals surface area contributed by atoms with Crippen LogP contribution < -0.4 is 10.1 Å². The van der Waals surface area contributed by atoms with Gasteiger partial charge in [0, 0.05) is 49.2 Å². The van der Waals surface area contributed by atoms with Crippen molar-refractivity contribution in [1.82, 2.24) is 29.5 Å². The molecule has 2 aliphatic rings. The molecule has 0 aromatic carbocycles. The van der Waals surface area contributed by atoms with Gasteiger partial charge in [-0.1, -0.05) is 0 Å². The molecule has 9 heteroatoms. The van der Waals surface area contributed by atoms with Crippen LogP contribution in [0.4, 0.5) is 5.95 Å². The van der Waals surface area contributed by atoms with Crippen LogP contribution in [0, 0.1) is 5.92 Å². The Morgan fingerprint density at radius 1 is 1.15 bits per heavy atom. The monoisotopic (exact) mass is 459 g/mol. The zero-order chi connectivity index (χ0) is 23.1. The molecule has 5 heterocycles. The first-order chi connectivity index (χ1) is 16.7. The Morgan fingerprint density at radius 3 is 2.76 bits per heavy atom. The topological polar surface area (TPSA) is 100 Å². The molecule has 9 nitrogen and oxygen atoms in total. The number of carbonyl (C=O) groups is 1. The van der Waals surface area contributed by atoms with Crippen LogP contribution in [0.25, 0.3) is 27.7 Å². The predicted molar refractivity (Wildman–Crippen MR) is 130 cm³/mol. The van der Waals surface area contributed by atoms with E-state index in [0.717, 1.165) is 79.3 Å². The molecule has 4 aromatic heterocycles. The highest BCUT2D eigenvalue weighted by molar-refractivity contribution is 5.98. The molecule has 1 aliphatic carbocycles. The number of carbonyl (C=O) groups excluding carboxylic acids is 1. The van der Waals surface area contributed by atoms with Crippen LogP contribution in [0.15, 0.2) is 36.8 Å². The largest absolute Gasteiger partial charge is 0.480 e. The Bertz CT molecular complexity index is 1330. The van der Waals surface area contributed by atoms with E-state index in [1.54, 1.807) is 13.3 Å². The number of H-pyrrole nitrogens is 1. The highest BCUT2D eigenvalue weighted by atomic mass is 16.5. The summed E-state index contributed by atoms with van der Waals surface area (Å²) >= 11 is 0. The molecule has 0 radical (unpaired) electrons. The highest BCUT2D eigenvalue weighted by Crippen LogP contribution is 2.35. The third-order valence-electron chi connectivity index (χ3n) is 7.23. The van der Waals surface area contributed by atoms with Crippen LogP contribution in [0.2, 0.25) is 0 Å². The molecular formula is C25H29N7O2. The number of anilines is 1. The standard InChI is InChI=1S/C25H29N7O2/c1-34-23-21-20(17-9-13-32-19(14-17)8-10-27-32)15-26-22(21)29-25(30-23)28-18-6-4-16(5-7-18)24(33)31-11-2-3-12-31/h8-10,13-16,18H,2-7,11-12H2,1H3,(H2,26,28,29,30)/t16-,18+. The molecule has 2 N–H and O–H groups in total. The highest BCUT2D eigenvalue weighted by Gasteiger charge is 2.31. The van der Waals surface area contributed by atoms with Crippen molar-refractivity contribution in [3.8, 4) is 17.0 Å². The van der Waals surface area contributed by atoms with E-state index < -0.39 is 0 Å². The quantitative estimate of drug-likeness (QED) is 0.470. The van der Waals surface area contributed by atoms with E-state index in [0.29, 0.717) is 17.7 Å². The Labute approximate surface area is 197 Å². The third-order valence-corrected chi connectivity index (χ3v) is 7.23. The molecule has 0 spiro atoms. The van der Waals surface area contributed by atoms with E-state index in [2.05, 4.69) is 26.4 Å². The molecule has 0 bridgehead atoms. The number of rotatable bonds is 5. The fourth-order valence-electron chi connectivity index (χ4n) is 5.39. The first-order valence-electron chi connectivity index (χ1n) is 12.1. The lowest BCUT2D eigenvalue weighted by atomic mass is 9.85. The number of pyridine rings is 1. The SMILES string of the molecule is COc1nc(N[C@H]2CC[C@@H](C(=O)N3CCCC3)CC2)nc2[nH]cc(-c3ccn4nccc4c3)c12. The maximum Gasteiger partial charge on any atom is 0.228 e. The second-order valence-corrected chi connectivity index (χ2v) is 9.32. The summed E-state index contributed by atoms with van der Waals surface area (Å²) in [6.45, 7) is 1.86. The Hall–Kier alpha value is -3.62. The number of hydrogen-bond acceptors (Lipinski definition) is 6. The van der Waals surface area contributed by atoms with Crippen LogP contribution in [-0.4, -0.2) is 61.6 Å². The van der Waals surface area contributed by atoms with Crippen molar-refractivity contribution >= 4 is 28.4 Å². The van der Waals surface area contributed by atoms with Gasteiger partial charge in [0.2, 0.25) is 17.7 Å². The maximum atomic E-state index is 12.7. The predicted octanol–water partition coefficient (Wildman–Crippen LogP) is 3.87.